The van der Waals surface area contributed by atoms with E-state index < -0.39 is 18.5 Å². The van der Waals surface area contributed by atoms with E-state index >= 15 is 0 Å². The number of carbonyl (C=O) groups excluding carboxylic acids is 2. The number of halogens is 2. The lowest BCUT2D eigenvalue weighted by Gasteiger charge is -2.08. The van der Waals surface area contributed by atoms with Crippen molar-refractivity contribution in [3.63, 3.8) is 0 Å². The van der Waals surface area contributed by atoms with Crippen LogP contribution in [0.5, 0.6) is 0 Å². The molecule has 2 aromatic carbocycles. The van der Waals surface area contributed by atoms with Gasteiger partial charge >= 0.3 is 5.97 Å². The molecule has 0 aliphatic rings. The van der Waals surface area contributed by atoms with Crippen LogP contribution in [-0.4, -0.2) is 18.5 Å². The zero-order chi connectivity index (χ0) is 16.1. The Bertz CT molecular complexity index is 702. The molecule has 114 valence electrons. The minimum absolute atomic E-state index is 0.297. The molecule has 0 aromatic heterocycles. The summed E-state index contributed by atoms with van der Waals surface area (Å²) in [6.07, 6.45) is 0. The highest BCUT2D eigenvalue weighted by atomic mass is 35.5. The fraction of sp³-hybridized carbons (Fsp3) is 0.0667. The molecule has 0 radical (unpaired) electrons. The maximum absolute atomic E-state index is 11.7. The van der Waals surface area contributed by atoms with Gasteiger partial charge in [-0.05, 0) is 42.5 Å². The Morgan fingerprint density at radius 1 is 1.09 bits per heavy atom. The Labute approximate surface area is 137 Å². The van der Waals surface area contributed by atoms with E-state index in [0.717, 1.165) is 0 Å². The summed E-state index contributed by atoms with van der Waals surface area (Å²) in [4.78, 5) is 23.5. The van der Waals surface area contributed by atoms with E-state index in [-0.39, 0.29) is 0 Å². The number of esters is 1. The van der Waals surface area contributed by atoms with E-state index in [0.29, 0.717) is 27.0 Å². The molecule has 0 spiro atoms. The van der Waals surface area contributed by atoms with E-state index in [2.05, 4.69) is 5.32 Å². The lowest BCUT2D eigenvalue weighted by molar-refractivity contribution is -0.119. The fourth-order valence-electron chi connectivity index (χ4n) is 1.61. The number of rotatable bonds is 4. The molecule has 0 unspecified atom stereocenters. The third-order valence-corrected chi connectivity index (χ3v) is 3.23. The van der Waals surface area contributed by atoms with Crippen LogP contribution in [0.3, 0.4) is 0 Å². The molecular weight excluding hydrogens is 327 g/mol. The van der Waals surface area contributed by atoms with Gasteiger partial charge in [-0.3, -0.25) is 4.79 Å². The van der Waals surface area contributed by atoms with Crippen molar-refractivity contribution in [1.29, 1.82) is 0 Å². The van der Waals surface area contributed by atoms with Gasteiger partial charge in [0.15, 0.2) is 6.61 Å². The third kappa shape index (κ3) is 4.38. The molecule has 5 nitrogen and oxygen atoms in total. The SMILES string of the molecule is Nc1ccc(C(=O)OCC(=O)Nc2ccc(Cl)cc2Cl)cc1. The van der Waals surface area contributed by atoms with Gasteiger partial charge in [-0.1, -0.05) is 23.2 Å². The Morgan fingerprint density at radius 3 is 2.41 bits per heavy atom. The van der Waals surface area contributed by atoms with Gasteiger partial charge in [-0.25, -0.2) is 4.79 Å². The van der Waals surface area contributed by atoms with Crippen LogP contribution in [0, 0.1) is 0 Å². The molecule has 0 heterocycles. The van der Waals surface area contributed by atoms with Gasteiger partial charge < -0.3 is 15.8 Å². The number of anilines is 2. The Kier molecular flexibility index (Phi) is 5.25. The van der Waals surface area contributed by atoms with Crippen LogP contribution in [0.4, 0.5) is 11.4 Å². The molecule has 0 fully saturated rings. The average Bonchev–Trinajstić information content (AvgIpc) is 2.48. The van der Waals surface area contributed by atoms with Crippen LogP contribution in [0.2, 0.25) is 10.0 Å². The number of nitrogen functional groups attached to an aromatic ring is 1. The number of amides is 1. The second kappa shape index (κ2) is 7.15. The van der Waals surface area contributed by atoms with Crippen LogP contribution in [0.25, 0.3) is 0 Å². The largest absolute Gasteiger partial charge is 0.452 e. The van der Waals surface area contributed by atoms with Crippen LogP contribution in [-0.2, 0) is 9.53 Å². The maximum Gasteiger partial charge on any atom is 0.338 e. The second-order valence-corrected chi connectivity index (χ2v) is 5.21. The lowest BCUT2D eigenvalue weighted by atomic mass is 10.2. The fourth-order valence-corrected chi connectivity index (χ4v) is 2.07. The number of hydrogen-bond acceptors (Lipinski definition) is 4. The van der Waals surface area contributed by atoms with E-state index in [9.17, 15) is 9.59 Å². The van der Waals surface area contributed by atoms with Crippen molar-refractivity contribution in [2.75, 3.05) is 17.7 Å². The monoisotopic (exact) mass is 338 g/mol. The molecule has 2 aromatic rings. The summed E-state index contributed by atoms with van der Waals surface area (Å²) >= 11 is 11.7. The van der Waals surface area contributed by atoms with Crippen molar-refractivity contribution in [2.45, 2.75) is 0 Å². The highest BCUT2D eigenvalue weighted by Gasteiger charge is 2.11. The van der Waals surface area contributed by atoms with E-state index in [4.69, 9.17) is 33.7 Å². The second-order valence-electron chi connectivity index (χ2n) is 4.37. The van der Waals surface area contributed by atoms with Gasteiger partial charge in [0.25, 0.3) is 5.91 Å². The molecular formula is C15H12Cl2N2O3. The molecule has 3 N–H and O–H groups in total. The van der Waals surface area contributed by atoms with Crippen LogP contribution in [0.1, 0.15) is 10.4 Å². The summed E-state index contributed by atoms with van der Waals surface area (Å²) in [7, 11) is 0. The molecule has 0 saturated carbocycles. The van der Waals surface area contributed by atoms with E-state index in [1.54, 1.807) is 24.3 Å². The summed E-state index contributed by atoms with van der Waals surface area (Å²) in [5.41, 5.74) is 6.76. The predicted octanol–water partition coefficient (Wildman–Crippen LogP) is 3.37. The maximum atomic E-state index is 11.7. The van der Waals surface area contributed by atoms with Crippen LogP contribution >= 0.6 is 23.2 Å². The first-order chi connectivity index (χ1) is 10.5. The smallest absolute Gasteiger partial charge is 0.338 e. The molecule has 0 aliphatic heterocycles. The minimum atomic E-state index is -0.614. The Balaban J connectivity index is 1.89. The quantitative estimate of drug-likeness (QED) is 0.661. The summed E-state index contributed by atoms with van der Waals surface area (Å²) in [6.45, 7) is -0.428. The lowest BCUT2D eigenvalue weighted by Crippen LogP contribution is -2.21. The normalized spacial score (nSPS) is 10.1. The number of nitrogens with two attached hydrogens (primary N) is 1. The van der Waals surface area contributed by atoms with Crippen molar-refractivity contribution in [1.82, 2.24) is 0 Å². The van der Waals surface area contributed by atoms with E-state index in [1.165, 1.54) is 18.2 Å². The number of nitrogens with one attached hydrogen (secondary N) is 1. The van der Waals surface area contributed by atoms with Crippen molar-refractivity contribution in [2.24, 2.45) is 0 Å². The number of carbonyl (C=O) groups is 2. The minimum Gasteiger partial charge on any atom is -0.452 e. The molecule has 0 atom stereocenters. The van der Waals surface area contributed by atoms with E-state index in [1.807, 2.05) is 0 Å². The van der Waals surface area contributed by atoms with Crippen molar-refractivity contribution < 1.29 is 14.3 Å². The van der Waals surface area contributed by atoms with Crippen LogP contribution < -0.4 is 11.1 Å². The summed E-state index contributed by atoms with van der Waals surface area (Å²) in [6, 6.07) is 10.8. The molecule has 0 saturated heterocycles. The summed E-state index contributed by atoms with van der Waals surface area (Å²) < 4.78 is 4.90. The molecule has 2 rings (SSSR count). The highest BCUT2D eigenvalue weighted by Crippen LogP contribution is 2.25. The molecule has 1 amide bonds. The topological polar surface area (TPSA) is 81.4 Å². The van der Waals surface area contributed by atoms with Gasteiger partial charge in [0.1, 0.15) is 0 Å². The zero-order valence-electron chi connectivity index (χ0n) is 11.3. The first kappa shape index (κ1) is 16.1. The van der Waals surface area contributed by atoms with Crippen LogP contribution in [0.15, 0.2) is 42.5 Å². The first-order valence-electron chi connectivity index (χ1n) is 6.23. The number of hydrogen-bond donors (Lipinski definition) is 2. The predicted molar refractivity (Wildman–Crippen MR) is 86.2 cm³/mol. The van der Waals surface area contributed by atoms with Crippen molar-refractivity contribution in [3.05, 3.63) is 58.1 Å². The third-order valence-electron chi connectivity index (χ3n) is 2.69. The number of ether oxygens (including phenoxy) is 1. The first-order valence-corrected chi connectivity index (χ1v) is 6.99. The van der Waals surface area contributed by atoms with Gasteiger partial charge in [0.05, 0.1) is 16.3 Å². The summed E-state index contributed by atoms with van der Waals surface area (Å²) in [5.74, 6) is -1.12. The zero-order valence-corrected chi connectivity index (χ0v) is 12.8. The molecule has 7 heteroatoms. The molecule has 0 bridgehead atoms. The van der Waals surface area contributed by atoms with Gasteiger partial charge in [-0.2, -0.15) is 0 Å². The molecule has 0 aliphatic carbocycles. The highest BCUT2D eigenvalue weighted by molar-refractivity contribution is 6.36. The Morgan fingerprint density at radius 2 is 1.77 bits per heavy atom. The Hall–Kier alpha value is -2.24. The summed E-state index contributed by atoms with van der Waals surface area (Å²) in [5, 5.41) is 3.28. The standard InChI is InChI=1S/C15H12Cl2N2O3/c16-10-3-6-13(12(17)7-10)19-14(20)8-22-15(21)9-1-4-11(18)5-2-9/h1-7H,8,18H2,(H,19,20). The van der Waals surface area contributed by atoms with Gasteiger partial charge in [-0.15, -0.1) is 0 Å². The van der Waals surface area contributed by atoms with Crippen molar-refractivity contribution in [3.8, 4) is 0 Å². The molecule has 22 heavy (non-hydrogen) atoms. The van der Waals surface area contributed by atoms with Gasteiger partial charge in [0, 0.05) is 10.7 Å². The average molecular weight is 339 g/mol. The number of benzene rings is 2. The van der Waals surface area contributed by atoms with Crippen molar-refractivity contribution >= 4 is 46.5 Å². The van der Waals surface area contributed by atoms with Gasteiger partial charge in [0.2, 0.25) is 0 Å².